The molecule has 4 heteroatoms. The van der Waals surface area contributed by atoms with Crippen LogP contribution >= 0.6 is 15.9 Å². The summed E-state index contributed by atoms with van der Waals surface area (Å²) in [7, 11) is 0. The van der Waals surface area contributed by atoms with Crippen molar-refractivity contribution in [3.63, 3.8) is 0 Å². The highest BCUT2D eigenvalue weighted by Gasteiger charge is 2.25. The molecule has 3 nitrogen and oxygen atoms in total. The van der Waals surface area contributed by atoms with Gasteiger partial charge in [0.25, 0.3) is 0 Å². The fraction of sp³-hybridized carbons (Fsp3) is 0.312. The first-order chi connectivity index (χ1) is 9.60. The van der Waals surface area contributed by atoms with E-state index < -0.39 is 5.97 Å². The summed E-state index contributed by atoms with van der Waals surface area (Å²) in [4.78, 5) is 12.8. The van der Waals surface area contributed by atoms with Crippen molar-refractivity contribution in [1.82, 2.24) is 0 Å². The minimum atomic E-state index is -0.954. The lowest BCUT2D eigenvalue weighted by atomic mass is 10.1. The lowest BCUT2D eigenvalue weighted by Gasteiger charge is -2.24. The van der Waals surface area contributed by atoms with Crippen LogP contribution in [-0.2, 0) is 4.79 Å². The number of aliphatic carboxylic acids is 1. The number of carboxylic acid groups (broad SMARTS) is 1. The molecule has 20 heavy (non-hydrogen) atoms. The molecule has 0 unspecified atom stereocenters. The van der Waals surface area contributed by atoms with Crippen molar-refractivity contribution in [2.24, 2.45) is 5.92 Å². The van der Waals surface area contributed by atoms with Gasteiger partial charge >= 0.3 is 5.97 Å². The molecule has 0 amide bonds. The Balaban J connectivity index is 2.32. The molecule has 1 fully saturated rings. The maximum atomic E-state index is 10.7. The number of terminal acetylenes is 1. The van der Waals surface area contributed by atoms with Crippen LogP contribution in [0, 0.1) is 18.3 Å². The lowest BCUT2D eigenvalue weighted by molar-refractivity contribution is -0.131. The molecule has 1 N–H and O–H groups in total. The number of hydrogen-bond donors (Lipinski definition) is 1. The third-order valence-electron chi connectivity index (χ3n) is 3.20. The second-order valence-corrected chi connectivity index (χ2v) is 5.82. The van der Waals surface area contributed by atoms with Gasteiger partial charge in [0.1, 0.15) is 0 Å². The van der Waals surface area contributed by atoms with Gasteiger partial charge < -0.3 is 10.0 Å². The summed E-state index contributed by atoms with van der Waals surface area (Å²) in [5, 5.41) is 8.78. The quantitative estimate of drug-likeness (QED) is 0.640. The van der Waals surface area contributed by atoms with Crippen molar-refractivity contribution in [3.8, 4) is 12.3 Å². The summed E-state index contributed by atoms with van der Waals surface area (Å²) in [6.45, 7) is 1.45. The van der Waals surface area contributed by atoms with E-state index in [0.29, 0.717) is 12.5 Å². The van der Waals surface area contributed by atoms with Crippen molar-refractivity contribution in [1.29, 1.82) is 0 Å². The molecule has 0 bridgehead atoms. The highest BCUT2D eigenvalue weighted by Crippen LogP contribution is 2.33. The third kappa shape index (κ3) is 4.14. The van der Waals surface area contributed by atoms with Crippen LogP contribution in [0.1, 0.15) is 18.4 Å². The van der Waals surface area contributed by atoms with Crippen molar-refractivity contribution in [2.45, 2.75) is 12.8 Å². The summed E-state index contributed by atoms with van der Waals surface area (Å²) >= 11 is 3.46. The van der Waals surface area contributed by atoms with Gasteiger partial charge in [-0.3, -0.25) is 0 Å². The molecule has 1 aromatic rings. The Hall–Kier alpha value is -1.73. The largest absolute Gasteiger partial charge is 0.478 e. The van der Waals surface area contributed by atoms with E-state index in [4.69, 9.17) is 11.5 Å². The standard InChI is InChI=1S/C16H16BrNO2/c1-2-9-18(11-12-3-4-12)15-10-14(17)7-5-13(15)6-8-16(19)20/h1,5-8,10,12H,3-4,9,11H2,(H,19,20)/b8-6+. The SMILES string of the molecule is C#CCN(CC1CC1)c1cc(Br)ccc1/C=C/C(=O)O. The van der Waals surface area contributed by atoms with Gasteiger partial charge in [-0.2, -0.15) is 0 Å². The van der Waals surface area contributed by atoms with Crippen LogP contribution in [-0.4, -0.2) is 24.2 Å². The van der Waals surface area contributed by atoms with Gasteiger partial charge in [0, 0.05) is 22.8 Å². The summed E-state index contributed by atoms with van der Waals surface area (Å²) in [6.07, 6.45) is 10.7. The molecule has 1 aromatic carbocycles. The van der Waals surface area contributed by atoms with E-state index in [-0.39, 0.29) is 0 Å². The molecule has 0 radical (unpaired) electrons. The Kier molecular flexibility index (Phi) is 4.86. The van der Waals surface area contributed by atoms with E-state index in [0.717, 1.165) is 28.3 Å². The maximum Gasteiger partial charge on any atom is 0.328 e. The molecule has 0 aliphatic heterocycles. The van der Waals surface area contributed by atoms with Crippen LogP contribution in [0.3, 0.4) is 0 Å². The van der Waals surface area contributed by atoms with Crippen LogP contribution in [0.4, 0.5) is 5.69 Å². The molecular weight excluding hydrogens is 318 g/mol. The summed E-state index contributed by atoms with van der Waals surface area (Å²) in [5.74, 6) is 2.43. The molecule has 104 valence electrons. The van der Waals surface area contributed by atoms with Gasteiger partial charge in [-0.05, 0) is 42.5 Å². The summed E-state index contributed by atoms with van der Waals surface area (Å²) in [5.41, 5.74) is 1.84. The molecule has 0 spiro atoms. The normalized spacial score (nSPS) is 14.2. The van der Waals surface area contributed by atoms with Crippen LogP contribution in [0.5, 0.6) is 0 Å². The molecule has 1 aliphatic carbocycles. The molecule has 0 saturated heterocycles. The zero-order chi connectivity index (χ0) is 14.5. The van der Waals surface area contributed by atoms with Gasteiger partial charge in [-0.25, -0.2) is 4.79 Å². The number of benzene rings is 1. The summed E-state index contributed by atoms with van der Waals surface area (Å²) in [6, 6.07) is 5.78. The number of hydrogen-bond acceptors (Lipinski definition) is 2. The second kappa shape index (κ2) is 6.62. The highest BCUT2D eigenvalue weighted by atomic mass is 79.9. The molecule has 0 atom stereocenters. The predicted molar refractivity (Wildman–Crippen MR) is 84.6 cm³/mol. The van der Waals surface area contributed by atoms with Crippen molar-refractivity contribution >= 4 is 33.7 Å². The lowest BCUT2D eigenvalue weighted by Crippen LogP contribution is -2.26. The fourth-order valence-electron chi connectivity index (χ4n) is 2.06. The monoisotopic (exact) mass is 333 g/mol. The Morgan fingerprint density at radius 1 is 1.55 bits per heavy atom. The Morgan fingerprint density at radius 2 is 2.30 bits per heavy atom. The van der Waals surface area contributed by atoms with Crippen LogP contribution in [0.15, 0.2) is 28.7 Å². The smallest absolute Gasteiger partial charge is 0.328 e. The first kappa shape index (κ1) is 14.7. The van der Waals surface area contributed by atoms with E-state index in [1.165, 1.54) is 12.8 Å². The molecule has 2 rings (SSSR count). The van der Waals surface area contributed by atoms with E-state index in [9.17, 15) is 4.79 Å². The molecule has 0 aromatic heterocycles. The number of anilines is 1. The van der Waals surface area contributed by atoms with Gasteiger partial charge in [0.2, 0.25) is 0 Å². The average molecular weight is 334 g/mol. The van der Waals surface area contributed by atoms with Crippen molar-refractivity contribution < 1.29 is 9.90 Å². The zero-order valence-electron chi connectivity index (χ0n) is 11.1. The number of rotatable bonds is 6. The molecular formula is C16H16BrNO2. The minimum absolute atomic E-state index is 0.529. The molecule has 1 saturated carbocycles. The van der Waals surface area contributed by atoms with Crippen molar-refractivity contribution in [3.05, 3.63) is 34.3 Å². The first-order valence-electron chi connectivity index (χ1n) is 6.49. The minimum Gasteiger partial charge on any atom is -0.478 e. The fourth-order valence-corrected chi connectivity index (χ4v) is 2.41. The predicted octanol–water partition coefficient (Wildman–Crippen LogP) is 3.40. The molecule has 0 heterocycles. The van der Waals surface area contributed by atoms with E-state index in [1.54, 1.807) is 6.08 Å². The average Bonchev–Trinajstić information content (AvgIpc) is 3.20. The topological polar surface area (TPSA) is 40.5 Å². The Morgan fingerprint density at radius 3 is 2.90 bits per heavy atom. The van der Waals surface area contributed by atoms with Gasteiger partial charge in [-0.1, -0.05) is 27.9 Å². The molecule has 1 aliphatic rings. The van der Waals surface area contributed by atoms with Gasteiger partial charge in [0.05, 0.1) is 6.54 Å². The van der Waals surface area contributed by atoms with Crippen LogP contribution in [0.2, 0.25) is 0 Å². The summed E-state index contributed by atoms with van der Waals surface area (Å²) < 4.78 is 0.956. The maximum absolute atomic E-state index is 10.7. The zero-order valence-corrected chi connectivity index (χ0v) is 12.6. The van der Waals surface area contributed by atoms with E-state index >= 15 is 0 Å². The Labute approximate surface area is 127 Å². The van der Waals surface area contributed by atoms with E-state index in [1.807, 2.05) is 18.2 Å². The second-order valence-electron chi connectivity index (χ2n) is 4.90. The third-order valence-corrected chi connectivity index (χ3v) is 3.69. The van der Waals surface area contributed by atoms with Gasteiger partial charge in [-0.15, -0.1) is 6.42 Å². The first-order valence-corrected chi connectivity index (χ1v) is 7.28. The number of carbonyl (C=O) groups is 1. The van der Waals surface area contributed by atoms with Crippen LogP contribution < -0.4 is 4.90 Å². The number of nitrogens with zero attached hydrogens (tertiary/aromatic N) is 1. The van der Waals surface area contributed by atoms with Crippen molar-refractivity contribution in [2.75, 3.05) is 18.0 Å². The van der Waals surface area contributed by atoms with Gasteiger partial charge in [0.15, 0.2) is 0 Å². The number of carboxylic acids is 1. The Bertz CT molecular complexity index is 570. The van der Waals surface area contributed by atoms with Crippen LogP contribution in [0.25, 0.3) is 6.08 Å². The number of halogens is 1. The van der Waals surface area contributed by atoms with E-state index in [2.05, 4.69) is 26.8 Å². The highest BCUT2D eigenvalue weighted by molar-refractivity contribution is 9.10.